The Morgan fingerprint density at radius 1 is 1.15 bits per heavy atom. The number of nitrogens with one attached hydrogen (secondary N) is 2. The van der Waals surface area contributed by atoms with Crippen molar-refractivity contribution < 1.29 is 19.2 Å². The number of benzene rings is 2. The lowest BCUT2D eigenvalue weighted by molar-refractivity contribution is -0.907. The minimum atomic E-state index is 0.0675. The number of hydrogen-bond acceptors (Lipinski definition) is 3. The fraction of sp³-hybridized carbons (Fsp3) is 0.409. The van der Waals surface area contributed by atoms with Gasteiger partial charge in [0.05, 0.1) is 20.8 Å². The molecule has 0 bridgehead atoms. The Morgan fingerprint density at radius 3 is 2.52 bits per heavy atom. The Bertz CT molecular complexity index is 833. The fourth-order valence-corrected chi connectivity index (χ4v) is 3.79. The molecule has 0 radical (unpaired) electrons. The molecule has 1 heterocycles. The summed E-state index contributed by atoms with van der Waals surface area (Å²) < 4.78 is 10.8. The van der Waals surface area contributed by atoms with Crippen LogP contribution in [0.2, 0.25) is 0 Å². The number of hydrogen-bond donors (Lipinski definition) is 2. The van der Waals surface area contributed by atoms with Crippen LogP contribution in [0, 0.1) is 6.92 Å². The number of ether oxygens (including phenoxy) is 2. The number of rotatable bonds is 6. The lowest BCUT2D eigenvalue weighted by Crippen LogP contribution is -3.12. The highest BCUT2D eigenvalue weighted by atomic mass is 16.5. The average molecular weight is 369 g/mol. The molecular weight excluding hydrogens is 340 g/mol. The van der Waals surface area contributed by atoms with Crippen molar-refractivity contribution >= 4 is 11.6 Å². The lowest BCUT2D eigenvalue weighted by atomic mass is 9.98. The molecule has 5 heteroatoms. The highest BCUT2D eigenvalue weighted by molar-refractivity contribution is 5.93. The van der Waals surface area contributed by atoms with E-state index in [4.69, 9.17) is 9.47 Å². The Hall–Kier alpha value is -2.53. The SMILES string of the molecule is CCc1cccc(C)c1NC(=O)C[NH+]1CCc2cc(OC)c(OC)cc2C1. The van der Waals surface area contributed by atoms with Crippen LogP contribution in [-0.4, -0.2) is 33.2 Å². The van der Waals surface area contributed by atoms with Gasteiger partial charge in [-0.05, 0) is 42.2 Å². The number of quaternary nitrogens is 1. The number of amides is 1. The Balaban J connectivity index is 1.69. The molecule has 1 atom stereocenters. The summed E-state index contributed by atoms with van der Waals surface area (Å²) in [5.41, 5.74) is 5.77. The summed E-state index contributed by atoms with van der Waals surface area (Å²) in [5.74, 6) is 1.58. The zero-order chi connectivity index (χ0) is 19.4. The lowest BCUT2D eigenvalue weighted by Gasteiger charge is -2.26. The zero-order valence-electron chi connectivity index (χ0n) is 16.6. The number of fused-ring (bicyclic) bond motifs is 1. The first kappa shape index (κ1) is 19.2. The molecule has 0 aromatic heterocycles. The van der Waals surface area contributed by atoms with Gasteiger partial charge in [-0.3, -0.25) is 4.79 Å². The van der Waals surface area contributed by atoms with Gasteiger partial charge in [-0.1, -0.05) is 25.1 Å². The van der Waals surface area contributed by atoms with E-state index in [1.807, 2.05) is 25.1 Å². The number of carbonyl (C=O) groups is 1. The molecule has 3 rings (SSSR count). The van der Waals surface area contributed by atoms with Crippen molar-refractivity contribution in [2.75, 3.05) is 32.6 Å². The van der Waals surface area contributed by atoms with Gasteiger partial charge in [0.1, 0.15) is 6.54 Å². The monoisotopic (exact) mass is 369 g/mol. The van der Waals surface area contributed by atoms with Crippen LogP contribution in [0.1, 0.15) is 29.2 Å². The topological polar surface area (TPSA) is 52.0 Å². The third kappa shape index (κ3) is 4.25. The van der Waals surface area contributed by atoms with Crippen molar-refractivity contribution in [3.63, 3.8) is 0 Å². The van der Waals surface area contributed by atoms with Crippen LogP contribution in [0.3, 0.4) is 0 Å². The van der Waals surface area contributed by atoms with E-state index >= 15 is 0 Å². The molecule has 0 spiro atoms. The van der Waals surface area contributed by atoms with Crippen LogP contribution in [0.4, 0.5) is 5.69 Å². The smallest absolute Gasteiger partial charge is 0.279 e. The molecule has 27 heavy (non-hydrogen) atoms. The van der Waals surface area contributed by atoms with Gasteiger partial charge in [0, 0.05) is 17.7 Å². The maximum Gasteiger partial charge on any atom is 0.279 e. The number of aryl methyl sites for hydroxylation is 2. The highest BCUT2D eigenvalue weighted by Crippen LogP contribution is 2.31. The van der Waals surface area contributed by atoms with Crippen LogP contribution in [0.15, 0.2) is 30.3 Å². The summed E-state index contributed by atoms with van der Waals surface area (Å²) in [7, 11) is 3.31. The second-order valence-electron chi connectivity index (χ2n) is 7.09. The Morgan fingerprint density at radius 2 is 1.85 bits per heavy atom. The maximum absolute atomic E-state index is 12.7. The minimum absolute atomic E-state index is 0.0675. The number of methoxy groups -OCH3 is 2. The molecule has 0 saturated carbocycles. The minimum Gasteiger partial charge on any atom is -0.493 e. The Labute approximate surface area is 161 Å². The third-order valence-corrected chi connectivity index (χ3v) is 5.31. The molecule has 2 N–H and O–H groups in total. The number of anilines is 1. The van der Waals surface area contributed by atoms with Gasteiger partial charge in [-0.25, -0.2) is 0 Å². The van der Waals surface area contributed by atoms with E-state index in [1.54, 1.807) is 14.2 Å². The molecule has 0 saturated heterocycles. The molecular formula is C22H29N2O3+. The van der Waals surface area contributed by atoms with Crippen LogP contribution in [-0.2, 0) is 24.2 Å². The molecule has 1 amide bonds. The summed E-state index contributed by atoms with van der Waals surface area (Å²) in [6, 6.07) is 10.3. The second-order valence-corrected chi connectivity index (χ2v) is 7.09. The van der Waals surface area contributed by atoms with E-state index in [1.165, 1.54) is 21.6 Å². The van der Waals surface area contributed by atoms with Crippen molar-refractivity contribution in [2.24, 2.45) is 0 Å². The van der Waals surface area contributed by atoms with Gasteiger partial charge in [0.15, 0.2) is 18.0 Å². The van der Waals surface area contributed by atoms with Gasteiger partial charge in [-0.2, -0.15) is 0 Å². The van der Waals surface area contributed by atoms with Crippen molar-refractivity contribution in [3.8, 4) is 11.5 Å². The van der Waals surface area contributed by atoms with E-state index in [0.29, 0.717) is 6.54 Å². The van der Waals surface area contributed by atoms with Gasteiger partial charge < -0.3 is 19.7 Å². The van der Waals surface area contributed by atoms with E-state index in [2.05, 4.69) is 24.4 Å². The first-order valence-electron chi connectivity index (χ1n) is 9.51. The molecule has 5 nitrogen and oxygen atoms in total. The fourth-order valence-electron chi connectivity index (χ4n) is 3.79. The number of para-hydroxylation sites is 1. The normalized spacial score (nSPS) is 15.8. The summed E-state index contributed by atoms with van der Waals surface area (Å²) in [6.07, 6.45) is 1.84. The van der Waals surface area contributed by atoms with Crippen LogP contribution in [0.5, 0.6) is 11.5 Å². The molecule has 144 valence electrons. The van der Waals surface area contributed by atoms with Gasteiger partial charge in [0.2, 0.25) is 0 Å². The third-order valence-electron chi connectivity index (χ3n) is 5.31. The molecule has 1 unspecified atom stereocenters. The Kier molecular flexibility index (Phi) is 6.01. The van der Waals surface area contributed by atoms with Crippen LogP contribution < -0.4 is 19.7 Å². The van der Waals surface area contributed by atoms with E-state index in [0.717, 1.165) is 48.7 Å². The molecule has 1 aliphatic rings. The molecule has 2 aromatic carbocycles. The number of carbonyl (C=O) groups excluding carboxylic acids is 1. The molecule has 0 fully saturated rings. The van der Waals surface area contributed by atoms with Gasteiger partial charge in [-0.15, -0.1) is 0 Å². The van der Waals surface area contributed by atoms with Crippen molar-refractivity contribution in [1.29, 1.82) is 0 Å². The van der Waals surface area contributed by atoms with E-state index < -0.39 is 0 Å². The standard InChI is InChI=1S/C22H28N2O3/c1-5-16-8-6-7-15(2)22(16)23-21(25)14-24-10-9-17-11-19(26-3)20(27-4)12-18(17)13-24/h6-8,11-12H,5,9-10,13-14H2,1-4H3,(H,23,25)/p+1. The molecule has 1 aliphatic heterocycles. The summed E-state index contributed by atoms with van der Waals surface area (Å²) >= 11 is 0. The summed E-state index contributed by atoms with van der Waals surface area (Å²) in [6.45, 7) is 6.37. The first-order chi connectivity index (χ1) is 13.0. The zero-order valence-corrected chi connectivity index (χ0v) is 16.6. The highest BCUT2D eigenvalue weighted by Gasteiger charge is 2.24. The van der Waals surface area contributed by atoms with Crippen molar-refractivity contribution in [3.05, 3.63) is 52.6 Å². The largest absolute Gasteiger partial charge is 0.493 e. The predicted molar refractivity (Wildman–Crippen MR) is 107 cm³/mol. The van der Waals surface area contributed by atoms with Gasteiger partial charge in [0.25, 0.3) is 5.91 Å². The summed E-state index contributed by atoms with van der Waals surface area (Å²) in [4.78, 5) is 13.9. The first-order valence-corrected chi connectivity index (χ1v) is 9.51. The molecule has 0 aliphatic carbocycles. The van der Waals surface area contributed by atoms with Crippen molar-refractivity contribution in [1.82, 2.24) is 0 Å². The average Bonchev–Trinajstić information content (AvgIpc) is 2.68. The predicted octanol–water partition coefficient (Wildman–Crippen LogP) is 2.15. The van der Waals surface area contributed by atoms with Crippen molar-refractivity contribution in [2.45, 2.75) is 33.2 Å². The van der Waals surface area contributed by atoms with Crippen LogP contribution in [0.25, 0.3) is 0 Å². The van der Waals surface area contributed by atoms with Gasteiger partial charge >= 0.3 is 0 Å². The second kappa shape index (κ2) is 8.44. The van der Waals surface area contributed by atoms with Crippen LogP contribution >= 0.6 is 0 Å². The quantitative estimate of drug-likeness (QED) is 0.820. The van der Waals surface area contributed by atoms with E-state index in [9.17, 15) is 4.79 Å². The van der Waals surface area contributed by atoms with E-state index in [-0.39, 0.29) is 5.91 Å². The summed E-state index contributed by atoms with van der Waals surface area (Å²) in [5, 5.41) is 3.14. The molecule has 2 aromatic rings. The maximum atomic E-state index is 12.7.